The SMILES string of the molecule is C=C/C=C/c1cc(N2CCCCC2)cc(C(F)(F)F)n1. The third-order valence-electron chi connectivity index (χ3n) is 3.24. The van der Waals surface area contributed by atoms with Gasteiger partial charge in [0.2, 0.25) is 0 Å². The molecule has 2 heterocycles. The van der Waals surface area contributed by atoms with Crippen LogP contribution in [-0.2, 0) is 6.18 Å². The Morgan fingerprint density at radius 1 is 1.15 bits per heavy atom. The van der Waals surface area contributed by atoms with Crippen molar-refractivity contribution in [2.75, 3.05) is 18.0 Å². The van der Waals surface area contributed by atoms with Gasteiger partial charge in [-0.3, -0.25) is 0 Å². The molecule has 5 heteroatoms. The average Bonchev–Trinajstić information content (AvgIpc) is 2.45. The fourth-order valence-electron chi connectivity index (χ4n) is 2.27. The van der Waals surface area contributed by atoms with Gasteiger partial charge < -0.3 is 4.90 Å². The molecular formula is C15H17F3N2. The Balaban J connectivity index is 2.39. The van der Waals surface area contributed by atoms with E-state index in [2.05, 4.69) is 11.6 Å². The van der Waals surface area contributed by atoms with Crippen molar-refractivity contribution >= 4 is 11.8 Å². The molecule has 0 aliphatic carbocycles. The van der Waals surface area contributed by atoms with Crippen molar-refractivity contribution in [1.29, 1.82) is 0 Å². The number of nitrogens with zero attached hydrogens (tertiary/aromatic N) is 2. The summed E-state index contributed by atoms with van der Waals surface area (Å²) < 4.78 is 38.7. The predicted molar refractivity (Wildman–Crippen MR) is 74.5 cm³/mol. The van der Waals surface area contributed by atoms with Gasteiger partial charge in [-0.05, 0) is 37.5 Å². The molecule has 1 aromatic heterocycles. The summed E-state index contributed by atoms with van der Waals surface area (Å²) in [6.45, 7) is 5.11. The van der Waals surface area contributed by atoms with Crippen molar-refractivity contribution in [2.24, 2.45) is 0 Å². The van der Waals surface area contributed by atoms with Crippen LogP contribution in [0.1, 0.15) is 30.7 Å². The molecule has 1 saturated heterocycles. The topological polar surface area (TPSA) is 16.1 Å². The molecule has 0 aromatic carbocycles. The molecular weight excluding hydrogens is 265 g/mol. The van der Waals surface area contributed by atoms with Crippen LogP contribution in [0.2, 0.25) is 0 Å². The van der Waals surface area contributed by atoms with Crippen molar-refractivity contribution in [3.05, 3.63) is 42.3 Å². The second-order valence-electron chi connectivity index (χ2n) is 4.78. The number of piperidine rings is 1. The lowest BCUT2D eigenvalue weighted by molar-refractivity contribution is -0.141. The molecule has 0 spiro atoms. The van der Waals surface area contributed by atoms with Gasteiger partial charge in [0.15, 0.2) is 0 Å². The first-order valence-electron chi connectivity index (χ1n) is 6.64. The number of anilines is 1. The van der Waals surface area contributed by atoms with Crippen LogP contribution >= 0.6 is 0 Å². The fraction of sp³-hybridized carbons (Fsp3) is 0.400. The van der Waals surface area contributed by atoms with Crippen LogP contribution in [0, 0.1) is 0 Å². The normalized spacial score (nSPS) is 16.6. The summed E-state index contributed by atoms with van der Waals surface area (Å²) >= 11 is 0. The number of hydrogen-bond donors (Lipinski definition) is 0. The summed E-state index contributed by atoms with van der Waals surface area (Å²) in [4.78, 5) is 5.64. The highest BCUT2D eigenvalue weighted by Gasteiger charge is 2.33. The quantitative estimate of drug-likeness (QED) is 0.769. The van der Waals surface area contributed by atoms with Crippen LogP contribution in [0.25, 0.3) is 6.08 Å². The summed E-state index contributed by atoms with van der Waals surface area (Å²) in [5, 5.41) is 0. The van der Waals surface area contributed by atoms with Crippen molar-refractivity contribution in [3.8, 4) is 0 Å². The van der Waals surface area contributed by atoms with E-state index in [1.54, 1.807) is 12.1 Å². The number of rotatable bonds is 3. The zero-order chi connectivity index (χ0) is 14.6. The van der Waals surface area contributed by atoms with Crippen molar-refractivity contribution in [2.45, 2.75) is 25.4 Å². The first-order chi connectivity index (χ1) is 9.50. The Bertz CT molecular complexity index is 500. The minimum Gasteiger partial charge on any atom is -0.371 e. The van der Waals surface area contributed by atoms with E-state index in [0.717, 1.165) is 38.4 Å². The molecule has 2 nitrogen and oxygen atoms in total. The minimum absolute atomic E-state index is 0.306. The molecule has 0 bridgehead atoms. The van der Waals surface area contributed by atoms with Crippen LogP contribution < -0.4 is 4.90 Å². The molecule has 1 fully saturated rings. The number of halogens is 3. The standard InChI is InChI=1S/C15H17F3N2/c1-2-3-7-12-10-13(20-8-5-4-6-9-20)11-14(19-12)15(16,17)18/h2-3,7,10-11H,1,4-6,8-9H2/b7-3+. The second kappa shape index (κ2) is 6.11. The molecule has 0 atom stereocenters. The van der Waals surface area contributed by atoms with Gasteiger partial charge >= 0.3 is 6.18 Å². The third-order valence-corrected chi connectivity index (χ3v) is 3.24. The number of pyridine rings is 1. The molecule has 0 saturated carbocycles. The van der Waals surface area contributed by atoms with Crippen LogP contribution in [0.5, 0.6) is 0 Å². The summed E-state index contributed by atoms with van der Waals surface area (Å²) in [6.07, 6.45) is 3.38. The molecule has 1 aromatic rings. The van der Waals surface area contributed by atoms with Crippen molar-refractivity contribution in [1.82, 2.24) is 4.98 Å². The van der Waals surface area contributed by atoms with Crippen LogP contribution in [0.15, 0.2) is 30.9 Å². The van der Waals surface area contributed by atoms with Gasteiger partial charge in [-0.15, -0.1) is 0 Å². The predicted octanol–water partition coefficient (Wildman–Crippen LogP) is 4.29. The molecule has 1 aliphatic rings. The zero-order valence-electron chi connectivity index (χ0n) is 11.2. The highest BCUT2D eigenvalue weighted by molar-refractivity contribution is 5.57. The molecule has 0 amide bonds. The van der Waals surface area contributed by atoms with Gasteiger partial charge in [0.05, 0.1) is 5.69 Å². The summed E-state index contributed by atoms with van der Waals surface area (Å²) in [6, 6.07) is 2.83. The van der Waals surface area contributed by atoms with Crippen LogP contribution in [-0.4, -0.2) is 18.1 Å². The van der Waals surface area contributed by atoms with Gasteiger partial charge in [-0.1, -0.05) is 18.7 Å². The van der Waals surface area contributed by atoms with Crippen molar-refractivity contribution < 1.29 is 13.2 Å². The molecule has 20 heavy (non-hydrogen) atoms. The number of hydrogen-bond acceptors (Lipinski definition) is 2. The molecule has 2 rings (SSSR count). The maximum absolute atomic E-state index is 12.9. The highest BCUT2D eigenvalue weighted by atomic mass is 19.4. The number of alkyl halides is 3. The first kappa shape index (κ1) is 14.6. The Hall–Kier alpha value is -1.78. The van der Waals surface area contributed by atoms with E-state index in [1.807, 2.05) is 4.90 Å². The first-order valence-corrected chi connectivity index (χ1v) is 6.64. The van der Waals surface area contributed by atoms with E-state index in [1.165, 1.54) is 12.2 Å². The lowest BCUT2D eigenvalue weighted by atomic mass is 10.1. The second-order valence-corrected chi connectivity index (χ2v) is 4.78. The van der Waals surface area contributed by atoms with E-state index in [9.17, 15) is 13.2 Å². The average molecular weight is 282 g/mol. The Morgan fingerprint density at radius 3 is 2.45 bits per heavy atom. The molecule has 0 radical (unpaired) electrons. The summed E-state index contributed by atoms with van der Waals surface area (Å²) in [5.74, 6) is 0. The van der Waals surface area contributed by atoms with Gasteiger partial charge in [-0.2, -0.15) is 13.2 Å². The third kappa shape index (κ3) is 3.62. The van der Waals surface area contributed by atoms with Gasteiger partial charge in [0.25, 0.3) is 0 Å². The molecule has 0 N–H and O–H groups in total. The van der Waals surface area contributed by atoms with Crippen LogP contribution in [0.4, 0.5) is 18.9 Å². The monoisotopic (exact) mass is 282 g/mol. The van der Waals surface area contributed by atoms with E-state index in [0.29, 0.717) is 11.4 Å². The van der Waals surface area contributed by atoms with Crippen LogP contribution in [0.3, 0.4) is 0 Å². The fourth-order valence-corrected chi connectivity index (χ4v) is 2.27. The smallest absolute Gasteiger partial charge is 0.371 e. The van der Waals surface area contributed by atoms with E-state index in [4.69, 9.17) is 0 Å². The summed E-state index contributed by atoms with van der Waals surface area (Å²) in [7, 11) is 0. The van der Waals surface area contributed by atoms with E-state index < -0.39 is 11.9 Å². The maximum atomic E-state index is 12.9. The van der Waals surface area contributed by atoms with E-state index in [-0.39, 0.29) is 0 Å². The molecule has 108 valence electrons. The van der Waals surface area contributed by atoms with Crippen molar-refractivity contribution in [3.63, 3.8) is 0 Å². The Labute approximate surface area is 116 Å². The largest absolute Gasteiger partial charge is 0.433 e. The minimum atomic E-state index is -4.43. The highest BCUT2D eigenvalue weighted by Crippen LogP contribution is 2.32. The Kier molecular flexibility index (Phi) is 4.47. The Morgan fingerprint density at radius 2 is 1.85 bits per heavy atom. The zero-order valence-corrected chi connectivity index (χ0v) is 11.2. The lowest BCUT2D eigenvalue weighted by Gasteiger charge is -2.29. The summed E-state index contributed by atoms with van der Waals surface area (Å²) in [5.41, 5.74) is 0.0559. The number of aromatic nitrogens is 1. The van der Waals surface area contributed by atoms with E-state index >= 15 is 0 Å². The van der Waals surface area contributed by atoms with Gasteiger partial charge in [0, 0.05) is 18.8 Å². The molecule has 0 unspecified atom stereocenters. The lowest BCUT2D eigenvalue weighted by Crippen LogP contribution is -2.29. The van der Waals surface area contributed by atoms with Gasteiger partial charge in [-0.25, -0.2) is 4.98 Å². The number of allylic oxidation sites excluding steroid dienone is 2. The maximum Gasteiger partial charge on any atom is 0.433 e. The van der Waals surface area contributed by atoms with Gasteiger partial charge in [0.1, 0.15) is 5.69 Å². The molecule has 1 aliphatic heterocycles.